The van der Waals surface area contributed by atoms with E-state index < -0.39 is 0 Å². The molecule has 0 aliphatic carbocycles. The molecule has 1 aliphatic rings. The molecule has 0 amide bonds. The van der Waals surface area contributed by atoms with Gasteiger partial charge < -0.3 is 4.90 Å². The Hall–Kier alpha value is 0.0900. The summed E-state index contributed by atoms with van der Waals surface area (Å²) in [6.45, 7) is 0. The minimum Gasteiger partial charge on any atom is -0.381 e. The molecule has 0 spiro atoms. The highest BCUT2D eigenvalue weighted by Gasteiger charge is 2.34. The number of nitrogens with zero attached hydrogens (tertiary/aromatic N) is 1. The van der Waals surface area contributed by atoms with Crippen molar-refractivity contribution in [1.29, 1.82) is 0 Å². The van der Waals surface area contributed by atoms with Crippen LogP contribution < -0.4 is 10.5 Å². The van der Waals surface area contributed by atoms with Gasteiger partial charge in [0.15, 0.2) is 10.8 Å². The third-order valence-electron chi connectivity index (χ3n) is 0.963. The van der Waals surface area contributed by atoms with Gasteiger partial charge in [0.05, 0.1) is 0 Å². The molecule has 0 saturated carbocycles. The molecular formula is C5H10N3S3+. The number of nitrogens with one attached hydrogen (secondary N) is 1. The van der Waals surface area contributed by atoms with Crippen molar-refractivity contribution in [2.45, 2.75) is 0 Å². The van der Waals surface area contributed by atoms with Crippen LogP contribution in [0.4, 0.5) is 0 Å². The fourth-order valence-corrected chi connectivity index (χ4v) is 3.20. The first-order chi connectivity index (χ1) is 5.09. The van der Waals surface area contributed by atoms with E-state index in [9.17, 15) is 0 Å². The first kappa shape index (κ1) is 9.18. The predicted molar refractivity (Wildman–Crippen MR) is 56.6 cm³/mol. The van der Waals surface area contributed by atoms with Crippen LogP contribution in [-0.2, 0) is 10.1 Å². The Kier molecular flexibility index (Phi) is 3.06. The Morgan fingerprint density at radius 2 is 2.36 bits per heavy atom. The maximum absolute atomic E-state index is 5.67. The van der Waals surface area contributed by atoms with Crippen molar-refractivity contribution < 1.29 is 0 Å². The topological polar surface area (TPSA) is 41.3 Å². The lowest BCUT2D eigenvalue weighted by Crippen LogP contribution is -2.21. The first-order valence-corrected chi connectivity index (χ1v) is 5.99. The Bertz CT molecular complexity index is 201. The minimum absolute atomic E-state index is 0.322. The average Bonchev–Trinajstić information content (AvgIpc) is 2.10. The van der Waals surface area contributed by atoms with E-state index in [4.69, 9.17) is 17.4 Å². The second-order valence-corrected chi connectivity index (χ2v) is 6.10. The number of hydrogen-bond acceptors (Lipinski definition) is 4. The van der Waals surface area contributed by atoms with Gasteiger partial charge in [-0.15, -0.1) is 5.14 Å². The number of rotatable bonds is 1. The molecule has 1 saturated heterocycles. The van der Waals surface area contributed by atoms with Gasteiger partial charge >= 0.3 is 4.32 Å². The number of thiocarbonyl (C=S) groups is 1. The van der Waals surface area contributed by atoms with Gasteiger partial charge in [-0.25, -0.2) is 0 Å². The Morgan fingerprint density at radius 3 is 2.73 bits per heavy atom. The summed E-state index contributed by atoms with van der Waals surface area (Å²) >= 11 is 4.97. The van der Waals surface area contributed by atoms with Crippen LogP contribution in [0.15, 0.2) is 11.2 Å². The SMILES string of the molecule is CN(C)C=C1NC(=S)[S+](N)S1. The lowest BCUT2D eigenvalue weighted by Gasteiger charge is -2.02. The van der Waals surface area contributed by atoms with E-state index in [0.29, 0.717) is 0 Å². The van der Waals surface area contributed by atoms with Gasteiger partial charge in [-0.05, 0) is 12.2 Å². The highest BCUT2D eigenvalue weighted by Crippen LogP contribution is 2.27. The van der Waals surface area contributed by atoms with Gasteiger partial charge in [0.1, 0.15) is 5.03 Å². The van der Waals surface area contributed by atoms with Crippen LogP contribution in [0.1, 0.15) is 0 Å². The van der Waals surface area contributed by atoms with Gasteiger partial charge in [0.2, 0.25) is 10.1 Å². The van der Waals surface area contributed by atoms with Crippen molar-refractivity contribution in [2.75, 3.05) is 14.1 Å². The summed E-state index contributed by atoms with van der Waals surface area (Å²) in [5.74, 6) is 0. The van der Waals surface area contributed by atoms with Crippen molar-refractivity contribution in [3.05, 3.63) is 11.2 Å². The fourth-order valence-electron chi connectivity index (χ4n) is 0.595. The second kappa shape index (κ2) is 3.66. The average molecular weight is 208 g/mol. The van der Waals surface area contributed by atoms with Crippen molar-refractivity contribution in [2.24, 2.45) is 5.14 Å². The summed E-state index contributed by atoms with van der Waals surface area (Å²) < 4.78 is 0.739. The molecule has 6 heteroatoms. The third-order valence-corrected chi connectivity index (χ3v) is 4.53. The van der Waals surface area contributed by atoms with Crippen LogP contribution in [0.5, 0.6) is 0 Å². The second-order valence-electron chi connectivity index (χ2n) is 2.25. The summed E-state index contributed by atoms with van der Waals surface area (Å²) in [5.41, 5.74) is 0. The van der Waals surface area contributed by atoms with Crippen LogP contribution in [0.25, 0.3) is 0 Å². The molecule has 1 heterocycles. The normalized spacial score (nSPS) is 27.4. The molecule has 0 aromatic heterocycles. The van der Waals surface area contributed by atoms with Crippen molar-refractivity contribution in [3.8, 4) is 0 Å². The van der Waals surface area contributed by atoms with Gasteiger partial charge in [-0.2, -0.15) is 0 Å². The van der Waals surface area contributed by atoms with E-state index in [-0.39, 0.29) is 10.1 Å². The van der Waals surface area contributed by atoms with Crippen LogP contribution in [-0.4, -0.2) is 23.3 Å². The Balaban J connectivity index is 2.60. The summed E-state index contributed by atoms with van der Waals surface area (Å²) in [6, 6.07) is 0. The van der Waals surface area contributed by atoms with Crippen LogP contribution >= 0.6 is 23.0 Å². The van der Waals surface area contributed by atoms with Gasteiger partial charge in [0.25, 0.3) is 0 Å². The first-order valence-electron chi connectivity index (χ1n) is 2.96. The van der Waals surface area contributed by atoms with Crippen molar-refractivity contribution in [1.82, 2.24) is 10.2 Å². The Labute approximate surface area is 78.3 Å². The molecule has 1 rings (SSSR count). The zero-order chi connectivity index (χ0) is 8.43. The maximum Gasteiger partial charge on any atom is 0.327 e. The summed E-state index contributed by atoms with van der Waals surface area (Å²) in [6.07, 6.45) is 1.97. The monoisotopic (exact) mass is 208 g/mol. The molecule has 1 unspecified atom stereocenters. The molecule has 0 aromatic carbocycles. The standard InChI is InChI=1S/C5H9N3S3/c1-8(2)3-4-7-5(9)11(6)10-4/h3H,6H2,1-2H3/p+1. The van der Waals surface area contributed by atoms with Crippen LogP contribution in [0.2, 0.25) is 0 Å². The number of hydrogen-bond donors (Lipinski definition) is 2. The molecule has 1 fully saturated rings. The summed E-state index contributed by atoms with van der Waals surface area (Å²) in [7, 11) is 5.18. The molecule has 1 atom stereocenters. The lowest BCUT2D eigenvalue weighted by atomic mass is 10.8. The highest BCUT2D eigenvalue weighted by atomic mass is 33.1. The molecule has 0 bridgehead atoms. The molecule has 62 valence electrons. The predicted octanol–water partition coefficient (Wildman–Crippen LogP) is 0.375. The van der Waals surface area contributed by atoms with E-state index in [1.165, 1.54) is 0 Å². The van der Waals surface area contributed by atoms with Crippen LogP contribution in [0.3, 0.4) is 0 Å². The molecule has 1 aliphatic heterocycles. The van der Waals surface area contributed by atoms with E-state index in [1.54, 1.807) is 10.8 Å². The molecule has 3 N–H and O–H groups in total. The van der Waals surface area contributed by atoms with E-state index in [0.717, 1.165) is 9.35 Å². The fraction of sp³-hybridized carbons (Fsp3) is 0.400. The van der Waals surface area contributed by atoms with E-state index in [1.807, 2.05) is 25.2 Å². The zero-order valence-corrected chi connectivity index (χ0v) is 8.78. The quantitative estimate of drug-likeness (QED) is 0.370. The third kappa shape index (κ3) is 2.55. The molecule has 0 aromatic rings. The van der Waals surface area contributed by atoms with Gasteiger partial charge in [-0.3, -0.25) is 5.32 Å². The highest BCUT2D eigenvalue weighted by molar-refractivity contribution is 8.82. The molecular weight excluding hydrogens is 198 g/mol. The molecule has 3 nitrogen and oxygen atoms in total. The minimum atomic E-state index is -0.322. The van der Waals surface area contributed by atoms with Crippen molar-refractivity contribution in [3.63, 3.8) is 0 Å². The largest absolute Gasteiger partial charge is 0.381 e. The van der Waals surface area contributed by atoms with Gasteiger partial charge in [-0.1, -0.05) is 0 Å². The lowest BCUT2D eigenvalue weighted by molar-refractivity contribution is 0.560. The Morgan fingerprint density at radius 1 is 1.73 bits per heavy atom. The summed E-state index contributed by atoms with van der Waals surface area (Å²) in [4.78, 5) is 1.96. The maximum atomic E-state index is 5.67. The molecule has 11 heavy (non-hydrogen) atoms. The zero-order valence-electron chi connectivity index (χ0n) is 6.33. The van der Waals surface area contributed by atoms with E-state index in [2.05, 4.69) is 5.32 Å². The molecule has 0 radical (unpaired) electrons. The van der Waals surface area contributed by atoms with Crippen molar-refractivity contribution >= 4 is 37.4 Å². The van der Waals surface area contributed by atoms with E-state index >= 15 is 0 Å². The number of nitrogens with two attached hydrogens (primary N) is 1. The summed E-state index contributed by atoms with van der Waals surface area (Å²) in [5, 5.41) is 9.74. The smallest absolute Gasteiger partial charge is 0.327 e. The van der Waals surface area contributed by atoms with Crippen LogP contribution in [0, 0.1) is 0 Å². The van der Waals surface area contributed by atoms with Gasteiger partial charge in [0, 0.05) is 20.3 Å².